The van der Waals surface area contributed by atoms with E-state index in [0.29, 0.717) is 43.3 Å². The van der Waals surface area contributed by atoms with Gasteiger partial charge in [-0.3, -0.25) is 19.9 Å². The number of carbonyl (C=O) groups excluding carboxylic acids is 1. The van der Waals surface area contributed by atoms with Crippen molar-refractivity contribution in [2.45, 2.75) is 13.3 Å². The fraction of sp³-hybridized carbons (Fsp3) is 0.364. The number of benzene rings is 2. The second-order valence-electron chi connectivity index (χ2n) is 7.04. The van der Waals surface area contributed by atoms with Crippen LogP contribution in [0.5, 0.6) is 0 Å². The Morgan fingerprint density at radius 2 is 1.84 bits per heavy atom. The summed E-state index contributed by atoms with van der Waals surface area (Å²) in [5.74, 6) is 0.652. The molecule has 174 valence electrons. The standard InChI is InChI=1S/C22H30N6O3.HI/c1-4-23-22(26-15-14-24-19-10-5-6-11-20(19)28(30)31)25-13-12-17-8-7-9-18(16-17)21(29)27(2)3;/h5-11,16,24H,4,12-15H2,1-3H3,(H2,23,25,26);1H. The van der Waals surface area contributed by atoms with Crippen LogP contribution in [0.4, 0.5) is 11.4 Å². The zero-order valence-electron chi connectivity index (χ0n) is 18.6. The minimum absolute atomic E-state index is 0. The van der Waals surface area contributed by atoms with E-state index in [1.54, 1.807) is 37.2 Å². The fourth-order valence-electron chi connectivity index (χ4n) is 2.92. The maximum atomic E-state index is 12.1. The molecular weight excluding hydrogens is 523 g/mol. The van der Waals surface area contributed by atoms with E-state index in [9.17, 15) is 14.9 Å². The first-order valence-electron chi connectivity index (χ1n) is 10.2. The van der Waals surface area contributed by atoms with Gasteiger partial charge in [0.25, 0.3) is 11.6 Å². The maximum Gasteiger partial charge on any atom is 0.292 e. The Balaban J connectivity index is 0.00000512. The van der Waals surface area contributed by atoms with E-state index in [-0.39, 0.29) is 35.6 Å². The predicted octanol–water partition coefficient (Wildman–Crippen LogP) is 3.12. The third-order valence-corrected chi connectivity index (χ3v) is 4.43. The van der Waals surface area contributed by atoms with Crippen LogP contribution in [0.15, 0.2) is 53.5 Å². The van der Waals surface area contributed by atoms with E-state index in [1.165, 1.54) is 6.07 Å². The number of carbonyl (C=O) groups is 1. The molecule has 2 rings (SSSR count). The first-order chi connectivity index (χ1) is 14.9. The highest BCUT2D eigenvalue weighted by Crippen LogP contribution is 2.22. The highest BCUT2D eigenvalue weighted by molar-refractivity contribution is 14.0. The maximum absolute atomic E-state index is 12.1. The smallest absolute Gasteiger partial charge is 0.292 e. The lowest BCUT2D eigenvalue weighted by atomic mass is 10.1. The number of nitro groups is 1. The molecule has 0 fully saturated rings. The molecule has 0 unspecified atom stereocenters. The molecule has 10 heteroatoms. The van der Waals surface area contributed by atoms with Crippen LogP contribution in [0.25, 0.3) is 0 Å². The van der Waals surface area contributed by atoms with Gasteiger partial charge in [0.1, 0.15) is 5.69 Å². The van der Waals surface area contributed by atoms with Gasteiger partial charge in [0.2, 0.25) is 0 Å². The van der Waals surface area contributed by atoms with Crippen molar-refractivity contribution < 1.29 is 9.72 Å². The molecule has 1 amide bonds. The summed E-state index contributed by atoms with van der Waals surface area (Å²) in [7, 11) is 3.47. The third-order valence-electron chi connectivity index (χ3n) is 4.43. The van der Waals surface area contributed by atoms with Crippen LogP contribution in [0.1, 0.15) is 22.8 Å². The van der Waals surface area contributed by atoms with E-state index in [2.05, 4.69) is 20.9 Å². The normalized spacial score (nSPS) is 10.7. The van der Waals surface area contributed by atoms with Crippen LogP contribution in [0.3, 0.4) is 0 Å². The van der Waals surface area contributed by atoms with E-state index in [4.69, 9.17) is 0 Å². The molecule has 0 saturated heterocycles. The average Bonchev–Trinajstić information content (AvgIpc) is 2.76. The lowest BCUT2D eigenvalue weighted by molar-refractivity contribution is -0.384. The summed E-state index contributed by atoms with van der Waals surface area (Å²) in [6.45, 7) is 4.32. The van der Waals surface area contributed by atoms with Crippen molar-refractivity contribution in [3.05, 3.63) is 69.8 Å². The van der Waals surface area contributed by atoms with Crippen molar-refractivity contribution >= 4 is 47.2 Å². The van der Waals surface area contributed by atoms with Crippen LogP contribution < -0.4 is 16.0 Å². The zero-order chi connectivity index (χ0) is 22.6. The van der Waals surface area contributed by atoms with Crippen molar-refractivity contribution in [1.82, 2.24) is 15.5 Å². The van der Waals surface area contributed by atoms with Gasteiger partial charge in [-0.05, 0) is 37.1 Å². The highest BCUT2D eigenvalue weighted by Gasteiger charge is 2.11. The molecule has 0 aliphatic rings. The summed E-state index contributed by atoms with van der Waals surface area (Å²) < 4.78 is 0. The molecule has 2 aromatic carbocycles. The zero-order valence-corrected chi connectivity index (χ0v) is 21.0. The number of halogens is 1. The molecule has 0 aromatic heterocycles. The minimum atomic E-state index is -0.400. The van der Waals surface area contributed by atoms with Crippen LogP contribution in [0, 0.1) is 10.1 Å². The molecule has 32 heavy (non-hydrogen) atoms. The first kappa shape index (κ1) is 27.1. The lowest BCUT2D eigenvalue weighted by Crippen LogP contribution is -2.39. The molecule has 9 nitrogen and oxygen atoms in total. The summed E-state index contributed by atoms with van der Waals surface area (Å²) in [5, 5.41) is 20.6. The van der Waals surface area contributed by atoms with Crippen molar-refractivity contribution in [2.75, 3.05) is 45.6 Å². The molecule has 0 saturated carbocycles. The van der Waals surface area contributed by atoms with Crippen LogP contribution >= 0.6 is 24.0 Å². The number of guanidine groups is 1. The van der Waals surface area contributed by atoms with E-state index in [0.717, 1.165) is 12.1 Å². The summed E-state index contributed by atoms with van der Waals surface area (Å²) >= 11 is 0. The Labute approximate surface area is 205 Å². The van der Waals surface area contributed by atoms with Gasteiger partial charge in [-0.2, -0.15) is 0 Å². The molecule has 0 radical (unpaired) electrons. The number of rotatable bonds is 10. The summed E-state index contributed by atoms with van der Waals surface area (Å²) in [6.07, 6.45) is 0.708. The Kier molecular flexibility index (Phi) is 12.1. The quantitative estimate of drug-likeness (QED) is 0.104. The number of hydrogen-bond donors (Lipinski definition) is 3. The molecular formula is C22H31IN6O3. The Hall–Kier alpha value is -2.89. The summed E-state index contributed by atoms with van der Waals surface area (Å²) in [6, 6.07) is 14.1. The lowest BCUT2D eigenvalue weighted by Gasteiger charge is -2.13. The first-order valence-corrected chi connectivity index (χ1v) is 10.2. The average molecular weight is 554 g/mol. The summed E-state index contributed by atoms with van der Waals surface area (Å²) in [5.41, 5.74) is 2.25. The molecule has 0 bridgehead atoms. The topological polar surface area (TPSA) is 112 Å². The van der Waals surface area contributed by atoms with Crippen molar-refractivity contribution in [1.29, 1.82) is 0 Å². The molecule has 3 N–H and O–H groups in total. The largest absolute Gasteiger partial charge is 0.378 e. The number of amides is 1. The van der Waals surface area contributed by atoms with Crippen LogP contribution in [-0.2, 0) is 6.42 Å². The number of nitrogens with one attached hydrogen (secondary N) is 3. The van der Waals surface area contributed by atoms with Gasteiger partial charge in [0, 0.05) is 51.9 Å². The third kappa shape index (κ3) is 8.69. The van der Waals surface area contributed by atoms with Crippen molar-refractivity contribution in [3.63, 3.8) is 0 Å². The van der Waals surface area contributed by atoms with Gasteiger partial charge >= 0.3 is 0 Å². The SMILES string of the molecule is CCNC(=NCCc1cccc(C(=O)N(C)C)c1)NCCNc1ccccc1[N+](=O)[O-].I. The number of hydrogen-bond acceptors (Lipinski definition) is 5. The van der Waals surface area contributed by atoms with Gasteiger partial charge in [0.15, 0.2) is 5.96 Å². The van der Waals surface area contributed by atoms with Crippen molar-refractivity contribution in [2.24, 2.45) is 4.99 Å². The Morgan fingerprint density at radius 3 is 2.53 bits per heavy atom. The van der Waals surface area contributed by atoms with E-state index >= 15 is 0 Å². The van der Waals surface area contributed by atoms with Crippen LogP contribution in [0.2, 0.25) is 0 Å². The number of para-hydroxylation sites is 2. The molecule has 0 heterocycles. The Bertz CT molecular complexity index is 920. The second-order valence-corrected chi connectivity index (χ2v) is 7.04. The summed E-state index contributed by atoms with van der Waals surface area (Å²) in [4.78, 5) is 28.9. The Morgan fingerprint density at radius 1 is 1.09 bits per heavy atom. The highest BCUT2D eigenvalue weighted by atomic mass is 127. The fourth-order valence-corrected chi connectivity index (χ4v) is 2.92. The van der Waals surface area contributed by atoms with Crippen LogP contribution in [-0.4, -0.2) is 62.0 Å². The van der Waals surface area contributed by atoms with Gasteiger partial charge in [-0.1, -0.05) is 24.3 Å². The molecule has 0 aliphatic carbocycles. The minimum Gasteiger partial charge on any atom is -0.378 e. The van der Waals surface area contributed by atoms with Gasteiger partial charge in [0.05, 0.1) is 4.92 Å². The van der Waals surface area contributed by atoms with E-state index < -0.39 is 4.92 Å². The molecule has 0 aliphatic heterocycles. The van der Waals surface area contributed by atoms with Crippen molar-refractivity contribution in [3.8, 4) is 0 Å². The molecule has 0 atom stereocenters. The number of nitrogens with zero attached hydrogens (tertiary/aromatic N) is 3. The number of nitro benzene ring substituents is 1. The van der Waals surface area contributed by atoms with E-state index in [1.807, 2.05) is 31.2 Å². The van der Waals surface area contributed by atoms with Gasteiger partial charge < -0.3 is 20.9 Å². The monoisotopic (exact) mass is 554 g/mol. The second kappa shape index (κ2) is 14.2. The predicted molar refractivity (Wildman–Crippen MR) is 139 cm³/mol. The van der Waals surface area contributed by atoms with Gasteiger partial charge in [-0.25, -0.2) is 0 Å². The molecule has 0 spiro atoms. The number of anilines is 1. The van der Waals surface area contributed by atoms with Gasteiger partial charge in [-0.15, -0.1) is 24.0 Å². The number of aliphatic imine (C=N–C) groups is 1. The molecule has 2 aromatic rings.